The Morgan fingerprint density at radius 3 is 2.50 bits per heavy atom. The second-order valence-electron chi connectivity index (χ2n) is 6.14. The third kappa shape index (κ3) is 3.19. The minimum Gasteiger partial charge on any atom is -0.342 e. The molecule has 22 heavy (non-hydrogen) atoms. The van der Waals surface area contributed by atoms with E-state index in [-0.39, 0.29) is 5.91 Å². The molecule has 1 atom stereocenters. The molecular formula is C19H22N2O. The lowest BCUT2D eigenvalue weighted by Crippen LogP contribution is -2.37. The van der Waals surface area contributed by atoms with E-state index in [9.17, 15) is 4.79 Å². The van der Waals surface area contributed by atoms with Gasteiger partial charge in [0.2, 0.25) is 5.91 Å². The molecule has 1 aliphatic heterocycles. The maximum atomic E-state index is 11.5. The van der Waals surface area contributed by atoms with Crippen molar-refractivity contribution in [3.05, 3.63) is 53.9 Å². The molecule has 0 spiro atoms. The molecule has 0 N–H and O–H groups in total. The summed E-state index contributed by atoms with van der Waals surface area (Å²) in [5.41, 5.74) is 4.70. The van der Waals surface area contributed by atoms with Gasteiger partial charge in [-0.2, -0.15) is 0 Å². The number of nitrogens with zero attached hydrogens (tertiary/aromatic N) is 2. The number of carbonyl (C=O) groups is 1. The Kier molecular flexibility index (Phi) is 4.23. The molecule has 1 aromatic heterocycles. The molecule has 3 rings (SSSR count). The number of amides is 1. The van der Waals surface area contributed by atoms with Gasteiger partial charge >= 0.3 is 0 Å². The fourth-order valence-electron chi connectivity index (χ4n) is 3.07. The molecule has 0 aliphatic carbocycles. The van der Waals surface area contributed by atoms with Crippen molar-refractivity contribution in [2.75, 3.05) is 13.1 Å². The van der Waals surface area contributed by atoms with Crippen LogP contribution in [0.25, 0.3) is 11.1 Å². The van der Waals surface area contributed by atoms with E-state index in [4.69, 9.17) is 0 Å². The van der Waals surface area contributed by atoms with Gasteiger partial charge in [0, 0.05) is 43.4 Å². The molecule has 1 fully saturated rings. The fraction of sp³-hybridized carbons (Fsp3) is 0.368. The van der Waals surface area contributed by atoms with Crippen LogP contribution in [0.1, 0.15) is 36.9 Å². The monoisotopic (exact) mass is 294 g/mol. The van der Waals surface area contributed by atoms with Crippen molar-refractivity contribution >= 4 is 5.91 Å². The summed E-state index contributed by atoms with van der Waals surface area (Å²) in [6, 6.07) is 12.8. The number of pyridine rings is 1. The van der Waals surface area contributed by atoms with E-state index in [1.165, 1.54) is 11.1 Å². The number of benzene rings is 1. The van der Waals surface area contributed by atoms with Gasteiger partial charge in [-0.25, -0.2) is 0 Å². The second-order valence-corrected chi connectivity index (χ2v) is 6.14. The van der Waals surface area contributed by atoms with Crippen LogP contribution in [0.15, 0.2) is 42.6 Å². The summed E-state index contributed by atoms with van der Waals surface area (Å²) in [7, 11) is 0. The minimum absolute atomic E-state index is 0.168. The average molecular weight is 294 g/mol. The molecule has 1 aromatic carbocycles. The molecule has 2 heterocycles. The van der Waals surface area contributed by atoms with Gasteiger partial charge in [-0.15, -0.1) is 0 Å². The van der Waals surface area contributed by atoms with Crippen LogP contribution in [-0.2, 0) is 4.79 Å². The number of piperidine rings is 1. The Hall–Kier alpha value is -2.16. The minimum atomic E-state index is 0.168. The highest BCUT2D eigenvalue weighted by molar-refractivity contribution is 5.73. The maximum Gasteiger partial charge on any atom is 0.219 e. The van der Waals surface area contributed by atoms with Crippen LogP contribution < -0.4 is 0 Å². The Morgan fingerprint density at radius 2 is 1.86 bits per heavy atom. The zero-order chi connectivity index (χ0) is 15.5. The van der Waals surface area contributed by atoms with Crippen LogP contribution in [0.2, 0.25) is 0 Å². The average Bonchev–Trinajstić information content (AvgIpc) is 2.56. The predicted molar refractivity (Wildman–Crippen MR) is 88.6 cm³/mol. The van der Waals surface area contributed by atoms with Gasteiger partial charge in [0.25, 0.3) is 0 Å². The zero-order valence-corrected chi connectivity index (χ0v) is 13.2. The van der Waals surface area contributed by atoms with Gasteiger partial charge in [-0.05, 0) is 31.4 Å². The van der Waals surface area contributed by atoms with Crippen molar-refractivity contribution in [2.45, 2.75) is 32.6 Å². The number of carbonyl (C=O) groups excluding carboxylic acids is 1. The lowest BCUT2D eigenvalue weighted by atomic mass is 9.93. The van der Waals surface area contributed by atoms with Crippen molar-refractivity contribution in [2.24, 2.45) is 0 Å². The Morgan fingerprint density at radius 1 is 1.14 bits per heavy atom. The van der Waals surface area contributed by atoms with Crippen LogP contribution in [0, 0.1) is 6.92 Å². The lowest BCUT2D eigenvalue weighted by Gasteiger charge is -2.31. The summed E-state index contributed by atoms with van der Waals surface area (Å²) >= 11 is 0. The molecule has 3 nitrogen and oxygen atoms in total. The van der Waals surface area contributed by atoms with E-state index in [0.29, 0.717) is 5.92 Å². The highest BCUT2D eigenvalue weighted by Crippen LogP contribution is 2.27. The number of aromatic nitrogens is 1. The summed E-state index contributed by atoms with van der Waals surface area (Å²) in [4.78, 5) is 18.1. The Balaban J connectivity index is 1.76. The molecule has 1 saturated heterocycles. The maximum absolute atomic E-state index is 11.5. The summed E-state index contributed by atoms with van der Waals surface area (Å²) < 4.78 is 0. The highest BCUT2D eigenvalue weighted by Gasteiger charge is 2.23. The number of likely N-dealkylation sites (tertiary alicyclic amines) is 1. The van der Waals surface area contributed by atoms with Crippen molar-refractivity contribution in [1.29, 1.82) is 0 Å². The zero-order valence-electron chi connectivity index (χ0n) is 13.2. The summed E-state index contributed by atoms with van der Waals surface area (Å²) in [6.07, 6.45) is 4.12. The Labute approximate surface area is 132 Å². The topological polar surface area (TPSA) is 33.2 Å². The summed E-state index contributed by atoms with van der Waals surface area (Å²) in [6.45, 7) is 5.42. The van der Waals surface area contributed by atoms with Crippen molar-refractivity contribution in [3.8, 4) is 11.1 Å². The molecule has 1 amide bonds. The molecule has 0 unspecified atom stereocenters. The predicted octanol–water partition coefficient (Wildman–Crippen LogP) is 3.78. The molecule has 114 valence electrons. The van der Waals surface area contributed by atoms with Gasteiger partial charge in [0.1, 0.15) is 0 Å². The van der Waals surface area contributed by atoms with Gasteiger partial charge in [0.05, 0.1) is 0 Å². The number of aryl methyl sites for hydroxylation is 1. The fourth-order valence-corrected chi connectivity index (χ4v) is 3.07. The van der Waals surface area contributed by atoms with Crippen LogP contribution >= 0.6 is 0 Å². The van der Waals surface area contributed by atoms with Crippen molar-refractivity contribution in [1.82, 2.24) is 9.88 Å². The number of rotatable bonds is 2. The first kappa shape index (κ1) is 14.8. The van der Waals surface area contributed by atoms with Crippen LogP contribution in [0.3, 0.4) is 0 Å². The molecule has 0 bridgehead atoms. The molecular weight excluding hydrogens is 272 g/mol. The first-order chi connectivity index (χ1) is 10.6. The van der Waals surface area contributed by atoms with E-state index in [0.717, 1.165) is 37.2 Å². The van der Waals surface area contributed by atoms with Crippen molar-refractivity contribution < 1.29 is 4.79 Å². The normalized spacial score (nSPS) is 18.3. The molecule has 3 heteroatoms. The second kappa shape index (κ2) is 6.30. The first-order valence-corrected chi connectivity index (χ1v) is 7.92. The van der Waals surface area contributed by atoms with E-state index in [2.05, 4.69) is 48.3 Å². The first-order valence-electron chi connectivity index (χ1n) is 7.92. The molecule has 0 saturated carbocycles. The summed E-state index contributed by atoms with van der Waals surface area (Å²) in [5.74, 6) is 0.533. The van der Waals surface area contributed by atoms with E-state index >= 15 is 0 Å². The molecule has 0 radical (unpaired) electrons. The summed E-state index contributed by atoms with van der Waals surface area (Å²) in [5, 5.41) is 0. The highest BCUT2D eigenvalue weighted by atomic mass is 16.2. The smallest absolute Gasteiger partial charge is 0.219 e. The van der Waals surface area contributed by atoms with E-state index in [1.807, 2.05) is 11.1 Å². The third-order valence-corrected chi connectivity index (χ3v) is 4.46. The SMILES string of the molecule is CC(=O)N1CCC[C@H](c2ccc(-c3ccc(C)cc3)cn2)C1. The molecule has 2 aromatic rings. The van der Waals surface area contributed by atoms with E-state index < -0.39 is 0 Å². The lowest BCUT2D eigenvalue weighted by molar-refractivity contribution is -0.130. The number of hydrogen-bond acceptors (Lipinski definition) is 2. The van der Waals surface area contributed by atoms with Crippen LogP contribution in [0.4, 0.5) is 0 Å². The van der Waals surface area contributed by atoms with Crippen LogP contribution in [0.5, 0.6) is 0 Å². The van der Waals surface area contributed by atoms with Gasteiger partial charge in [-0.3, -0.25) is 9.78 Å². The number of hydrogen-bond donors (Lipinski definition) is 0. The van der Waals surface area contributed by atoms with Crippen molar-refractivity contribution in [3.63, 3.8) is 0 Å². The van der Waals surface area contributed by atoms with Crippen LogP contribution in [-0.4, -0.2) is 28.9 Å². The molecule has 1 aliphatic rings. The van der Waals surface area contributed by atoms with E-state index in [1.54, 1.807) is 6.92 Å². The van der Waals surface area contributed by atoms with Gasteiger partial charge in [0.15, 0.2) is 0 Å². The Bertz CT molecular complexity index is 646. The standard InChI is InChI=1S/C19H22N2O/c1-14-5-7-16(8-6-14)17-9-10-19(20-12-17)18-4-3-11-21(13-18)15(2)22/h5-10,12,18H,3-4,11,13H2,1-2H3/t18-/m0/s1. The van der Waals surface area contributed by atoms with Gasteiger partial charge < -0.3 is 4.90 Å². The third-order valence-electron chi connectivity index (χ3n) is 4.46. The van der Waals surface area contributed by atoms with Gasteiger partial charge in [-0.1, -0.05) is 35.9 Å². The largest absolute Gasteiger partial charge is 0.342 e. The quantitative estimate of drug-likeness (QED) is 0.844.